The van der Waals surface area contributed by atoms with Crippen molar-refractivity contribution in [3.8, 4) is 5.75 Å². The van der Waals surface area contributed by atoms with E-state index in [0.29, 0.717) is 24.4 Å². The summed E-state index contributed by atoms with van der Waals surface area (Å²) in [4.78, 5) is 10.9. The summed E-state index contributed by atoms with van der Waals surface area (Å²) in [6.07, 6.45) is 2.36. The third-order valence-electron chi connectivity index (χ3n) is 3.74. The van der Waals surface area contributed by atoms with Crippen LogP contribution in [0.25, 0.3) is 0 Å². The summed E-state index contributed by atoms with van der Waals surface area (Å²) < 4.78 is 36.9. The molecule has 23 heavy (non-hydrogen) atoms. The van der Waals surface area contributed by atoms with Gasteiger partial charge in [-0.2, -0.15) is 8.42 Å². The van der Waals surface area contributed by atoms with E-state index < -0.39 is 16.0 Å². The van der Waals surface area contributed by atoms with Gasteiger partial charge in [0.15, 0.2) is 0 Å². The number of ether oxygens (including phenoxy) is 1. The zero-order valence-electron chi connectivity index (χ0n) is 12.4. The maximum absolute atomic E-state index is 12.8. The fourth-order valence-electron chi connectivity index (χ4n) is 2.57. The molecule has 1 aliphatic heterocycles. The second-order valence-electron chi connectivity index (χ2n) is 5.13. The summed E-state index contributed by atoms with van der Waals surface area (Å²) >= 11 is 0. The molecule has 0 saturated carbocycles. The fraction of sp³-hybridized carbons (Fsp3) is 0.267. The van der Waals surface area contributed by atoms with E-state index in [1.165, 1.54) is 11.4 Å². The van der Waals surface area contributed by atoms with Gasteiger partial charge in [0.1, 0.15) is 12.0 Å². The number of aryl methyl sites for hydroxylation is 1. The van der Waals surface area contributed by atoms with Crippen LogP contribution < -0.4 is 9.04 Å². The molecule has 0 fully saturated rings. The molecule has 0 bridgehead atoms. The number of benzene rings is 1. The third kappa shape index (κ3) is 2.65. The highest BCUT2D eigenvalue weighted by Crippen LogP contribution is 2.35. The number of carboxylic acid groups (broad SMARTS) is 1. The van der Waals surface area contributed by atoms with Gasteiger partial charge in [0.05, 0.1) is 18.4 Å². The predicted octanol–water partition coefficient (Wildman–Crippen LogP) is 2.13. The van der Waals surface area contributed by atoms with Gasteiger partial charge in [-0.15, -0.1) is 0 Å². The first-order valence-corrected chi connectivity index (χ1v) is 8.39. The van der Waals surface area contributed by atoms with Gasteiger partial charge < -0.3 is 14.3 Å². The molecule has 0 unspecified atom stereocenters. The molecule has 0 saturated heterocycles. The number of fused-ring (bicyclic) bond motifs is 1. The first-order chi connectivity index (χ1) is 10.9. The maximum atomic E-state index is 12.8. The van der Waals surface area contributed by atoms with Crippen LogP contribution in [0.15, 0.2) is 40.0 Å². The number of furan rings is 1. The van der Waals surface area contributed by atoms with Crippen molar-refractivity contribution < 1.29 is 27.5 Å². The van der Waals surface area contributed by atoms with Crippen molar-refractivity contribution in [3.63, 3.8) is 0 Å². The highest BCUT2D eigenvalue weighted by Gasteiger charge is 2.32. The lowest BCUT2D eigenvalue weighted by molar-refractivity contribution is 0.0696. The van der Waals surface area contributed by atoms with Gasteiger partial charge in [0.25, 0.3) is 10.0 Å². The van der Waals surface area contributed by atoms with Crippen LogP contribution in [0, 0.1) is 0 Å². The van der Waals surface area contributed by atoms with E-state index in [1.54, 1.807) is 12.1 Å². The van der Waals surface area contributed by atoms with Crippen molar-refractivity contribution in [2.75, 3.05) is 18.0 Å². The zero-order chi connectivity index (χ0) is 16.6. The predicted molar refractivity (Wildman–Crippen MR) is 81.5 cm³/mol. The molecule has 1 aliphatic rings. The minimum absolute atomic E-state index is 0.202. The van der Waals surface area contributed by atoms with Gasteiger partial charge in [0, 0.05) is 18.7 Å². The summed E-state index contributed by atoms with van der Waals surface area (Å²) in [6.45, 7) is 0.297. The van der Waals surface area contributed by atoms with Gasteiger partial charge in [-0.05, 0) is 24.5 Å². The van der Waals surface area contributed by atoms with Gasteiger partial charge in [-0.25, -0.2) is 4.79 Å². The number of methoxy groups -OCH3 is 1. The average molecular weight is 337 g/mol. The lowest BCUT2D eigenvalue weighted by atomic mass is 10.0. The average Bonchev–Trinajstić information content (AvgIpc) is 3.04. The van der Waals surface area contributed by atoms with Crippen molar-refractivity contribution in [1.29, 1.82) is 0 Å². The summed E-state index contributed by atoms with van der Waals surface area (Å²) in [5.74, 6) is -0.688. The van der Waals surface area contributed by atoms with Crippen LogP contribution in [0.4, 0.5) is 5.69 Å². The standard InChI is InChI=1S/C15H15NO6S/c1-21-12-5-4-10-3-2-6-16(13(10)8-12)23(19,20)14-7-11(9-22-14)15(17)18/h4-5,7-9H,2-3,6H2,1H3,(H,17,18). The number of hydrogen-bond donors (Lipinski definition) is 1. The molecule has 1 aromatic heterocycles. The molecule has 1 aromatic carbocycles. The third-order valence-corrected chi connectivity index (χ3v) is 5.42. The maximum Gasteiger partial charge on any atom is 0.339 e. The molecule has 2 heterocycles. The molecule has 0 radical (unpaired) electrons. The molecule has 0 atom stereocenters. The Kier molecular flexibility index (Phi) is 3.77. The topological polar surface area (TPSA) is 97.0 Å². The van der Waals surface area contributed by atoms with Gasteiger partial charge in [-0.3, -0.25) is 4.31 Å². The van der Waals surface area contributed by atoms with Crippen LogP contribution >= 0.6 is 0 Å². The van der Waals surface area contributed by atoms with E-state index in [-0.39, 0.29) is 10.7 Å². The highest BCUT2D eigenvalue weighted by molar-refractivity contribution is 7.92. The SMILES string of the molecule is COc1ccc2c(c1)N(S(=O)(=O)c1cc(C(=O)O)co1)CCC2. The Morgan fingerprint density at radius 3 is 2.78 bits per heavy atom. The minimum atomic E-state index is -3.97. The summed E-state index contributed by atoms with van der Waals surface area (Å²) in [6, 6.07) is 6.30. The van der Waals surface area contributed by atoms with Crippen molar-refractivity contribution in [2.45, 2.75) is 17.9 Å². The summed E-state index contributed by atoms with van der Waals surface area (Å²) in [5.41, 5.74) is 1.22. The normalized spacial score (nSPS) is 14.4. The highest BCUT2D eigenvalue weighted by atomic mass is 32.2. The van der Waals surface area contributed by atoms with Crippen molar-refractivity contribution in [3.05, 3.63) is 41.7 Å². The van der Waals surface area contributed by atoms with Gasteiger partial charge in [0.2, 0.25) is 5.09 Å². The molecular weight excluding hydrogens is 322 g/mol. The number of carboxylic acids is 1. The Hall–Kier alpha value is -2.48. The molecular formula is C15H15NO6S. The number of anilines is 1. The Balaban J connectivity index is 2.06. The largest absolute Gasteiger partial charge is 0.497 e. The number of aromatic carboxylic acids is 1. The van der Waals surface area contributed by atoms with Crippen LogP contribution in [0.5, 0.6) is 5.75 Å². The van der Waals surface area contributed by atoms with E-state index in [1.807, 2.05) is 6.07 Å². The zero-order valence-corrected chi connectivity index (χ0v) is 13.2. The van der Waals surface area contributed by atoms with Crippen molar-refractivity contribution in [2.24, 2.45) is 0 Å². The first-order valence-electron chi connectivity index (χ1n) is 6.95. The Morgan fingerprint density at radius 1 is 1.35 bits per heavy atom. The van der Waals surface area contributed by atoms with Crippen LogP contribution in [0.3, 0.4) is 0 Å². The quantitative estimate of drug-likeness (QED) is 0.918. The number of rotatable bonds is 4. The molecule has 7 nitrogen and oxygen atoms in total. The van der Waals surface area contributed by atoms with Gasteiger partial charge in [-0.1, -0.05) is 6.07 Å². The molecule has 1 N–H and O–H groups in total. The number of carbonyl (C=O) groups is 1. The molecule has 0 spiro atoms. The Bertz CT molecular complexity index is 855. The summed E-state index contributed by atoms with van der Waals surface area (Å²) in [5, 5.41) is 8.53. The molecule has 0 amide bonds. The smallest absolute Gasteiger partial charge is 0.339 e. The lowest BCUT2D eigenvalue weighted by Crippen LogP contribution is -2.35. The first kappa shape index (κ1) is 15.4. The second kappa shape index (κ2) is 5.62. The minimum Gasteiger partial charge on any atom is -0.497 e. The van der Waals surface area contributed by atoms with E-state index in [9.17, 15) is 13.2 Å². The molecule has 122 valence electrons. The number of nitrogens with zero attached hydrogens (tertiary/aromatic N) is 1. The number of hydrogen-bond acceptors (Lipinski definition) is 5. The van der Waals surface area contributed by atoms with Crippen LogP contribution in [0.2, 0.25) is 0 Å². The molecule has 0 aliphatic carbocycles. The second-order valence-corrected chi connectivity index (χ2v) is 6.93. The van der Waals surface area contributed by atoms with E-state index in [0.717, 1.165) is 24.3 Å². The Labute approximate surface area is 133 Å². The lowest BCUT2D eigenvalue weighted by Gasteiger charge is -2.29. The van der Waals surface area contributed by atoms with Crippen LogP contribution in [0.1, 0.15) is 22.3 Å². The van der Waals surface area contributed by atoms with E-state index in [4.69, 9.17) is 14.3 Å². The van der Waals surface area contributed by atoms with Crippen LogP contribution in [-0.4, -0.2) is 33.1 Å². The summed E-state index contributed by atoms with van der Waals surface area (Å²) in [7, 11) is -2.46. The van der Waals surface area contributed by atoms with Crippen molar-refractivity contribution >= 4 is 21.7 Å². The van der Waals surface area contributed by atoms with E-state index >= 15 is 0 Å². The Morgan fingerprint density at radius 2 is 2.13 bits per heavy atom. The van der Waals surface area contributed by atoms with E-state index in [2.05, 4.69) is 0 Å². The monoisotopic (exact) mass is 337 g/mol. The molecule has 3 rings (SSSR count). The van der Waals surface area contributed by atoms with Crippen LogP contribution in [-0.2, 0) is 16.4 Å². The molecule has 8 heteroatoms. The molecule has 2 aromatic rings. The fourth-order valence-corrected chi connectivity index (χ4v) is 4.03. The van der Waals surface area contributed by atoms with Crippen molar-refractivity contribution in [1.82, 2.24) is 0 Å². The number of sulfonamides is 1. The van der Waals surface area contributed by atoms with Gasteiger partial charge >= 0.3 is 5.97 Å².